The molecule has 7 nitrogen and oxygen atoms in total. The number of anilines is 1. The fraction of sp³-hybridized carbons (Fsp3) is 0.125. The van der Waals surface area contributed by atoms with E-state index in [0.717, 1.165) is 5.56 Å². The van der Waals surface area contributed by atoms with Crippen LogP contribution in [0.3, 0.4) is 0 Å². The Hall–Kier alpha value is -3.00. The van der Waals surface area contributed by atoms with Crippen LogP contribution in [0.5, 0.6) is 11.5 Å². The number of rotatable bonds is 5. The number of aromatic nitrogens is 3. The number of ether oxygens (including phenoxy) is 2. The lowest BCUT2D eigenvalue weighted by Gasteiger charge is -2.08. The number of carbonyl (C=O) groups excluding carboxylic acids is 1. The molecule has 0 fully saturated rings. The Balaban J connectivity index is 1.85. The molecule has 122 valence electrons. The highest BCUT2D eigenvalue weighted by Gasteiger charge is 2.14. The molecular weight excluding hydrogens is 328 g/mol. The zero-order valence-electron chi connectivity index (χ0n) is 13.0. The number of hydrogen-bond donors (Lipinski definition) is 1. The number of nitrogens with one attached hydrogen (secondary N) is 1. The molecule has 0 bridgehead atoms. The van der Waals surface area contributed by atoms with Crippen LogP contribution in [-0.2, 0) is 0 Å². The van der Waals surface area contributed by atoms with Crippen LogP contribution in [0.15, 0.2) is 42.2 Å². The fourth-order valence-corrected chi connectivity index (χ4v) is 2.75. The molecule has 1 amide bonds. The summed E-state index contributed by atoms with van der Waals surface area (Å²) < 4.78 is 10.6. The van der Waals surface area contributed by atoms with Crippen molar-refractivity contribution in [1.82, 2.24) is 15.0 Å². The third-order valence-corrected chi connectivity index (χ3v) is 3.96. The minimum Gasteiger partial charge on any atom is -0.497 e. The summed E-state index contributed by atoms with van der Waals surface area (Å²) in [5.41, 5.74) is 1.70. The van der Waals surface area contributed by atoms with Gasteiger partial charge in [0.2, 0.25) is 0 Å². The van der Waals surface area contributed by atoms with E-state index in [4.69, 9.17) is 9.47 Å². The van der Waals surface area contributed by atoms with Crippen LogP contribution >= 0.6 is 11.3 Å². The predicted molar refractivity (Wildman–Crippen MR) is 90.6 cm³/mol. The van der Waals surface area contributed by atoms with Gasteiger partial charge in [0.15, 0.2) is 5.13 Å². The number of thiazole rings is 1. The van der Waals surface area contributed by atoms with Gasteiger partial charge in [-0.25, -0.2) is 9.97 Å². The predicted octanol–water partition coefficient (Wildman–Crippen LogP) is 2.87. The van der Waals surface area contributed by atoms with Crippen molar-refractivity contribution < 1.29 is 14.3 Å². The van der Waals surface area contributed by atoms with Crippen LogP contribution < -0.4 is 14.8 Å². The maximum Gasteiger partial charge on any atom is 0.277 e. The van der Waals surface area contributed by atoms with Crippen molar-refractivity contribution in [3.8, 4) is 22.8 Å². The highest BCUT2D eigenvalue weighted by molar-refractivity contribution is 7.14. The molecule has 0 saturated carbocycles. The van der Waals surface area contributed by atoms with Crippen LogP contribution in [-0.4, -0.2) is 35.1 Å². The van der Waals surface area contributed by atoms with Gasteiger partial charge in [0.05, 0.1) is 26.1 Å². The Labute approximate surface area is 142 Å². The summed E-state index contributed by atoms with van der Waals surface area (Å²) >= 11 is 1.31. The maximum absolute atomic E-state index is 12.1. The fourth-order valence-electron chi connectivity index (χ4n) is 2.05. The molecule has 0 aliphatic heterocycles. The van der Waals surface area contributed by atoms with E-state index in [-0.39, 0.29) is 11.6 Å². The van der Waals surface area contributed by atoms with E-state index in [1.54, 1.807) is 14.2 Å². The van der Waals surface area contributed by atoms with E-state index >= 15 is 0 Å². The van der Waals surface area contributed by atoms with Crippen molar-refractivity contribution in [1.29, 1.82) is 0 Å². The van der Waals surface area contributed by atoms with Crippen molar-refractivity contribution in [3.63, 3.8) is 0 Å². The van der Waals surface area contributed by atoms with Gasteiger partial charge in [-0.1, -0.05) is 0 Å². The monoisotopic (exact) mass is 342 g/mol. The number of hydrogen-bond acceptors (Lipinski definition) is 7. The Morgan fingerprint density at radius 2 is 2.08 bits per heavy atom. The highest BCUT2D eigenvalue weighted by Crippen LogP contribution is 2.35. The van der Waals surface area contributed by atoms with Crippen molar-refractivity contribution in [3.05, 3.63) is 47.9 Å². The Kier molecular flexibility index (Phi) is 4.66. The molecule has 0 saturated heterocycles. The van der Waals surface area contributed by atoms with E-state index in [2.05, 4.69) is 20.3 Å². The first-order chi connectivity index (χ1) is 11.7. The summed E-state index contributed by atoms with van der Waals surface area (Å²) in [6.45, 7) is 0. The smallest absolute Gasteiger partial charge is 0.277 e. The quantitative estimate of drug-likeness (QED) is 0.767. The highest BCUT2D eigenvalue weighted by atomic mass is 32.1. The van der Waals surface area contributed by atoms with Crippen LogP contribution in [0.4, 0.5) is 5.13 Å². The number of methoxy groups -OCH3 is 2. The van der Waals surface area contributed by atoms with Gasteiger partial charge >= 0.3 is 0 Å². The van der Waals surface area contributed by atoms with Crippen molar-refractivity contribution >= 4 is 22.4 Å². The zero-order valence-corrected chi connectivity index (χ0v) is 13.8. The number of carbonyl (C=O) groups is 1. The molecule has 1 aromatic carbocycles. The van der Waals surface area contributed by atoms with Crippen molar-refractivity contribution in [2.45, 2.75) is 0 Å². The van der Waals surface area contributed by atoms with Crippen LogP contribution in [0.2, 0.25) is 0 Å². The minimum atomic E-state index is -0.360. The lowest BCUT2D eigenvalue weighted by atomic mass is 10.1. The first-order valence-corrected chi connectivity index (χ1v) is 7.84. The van der Waals surface area contributed by atoms with Gasteiger partial charge in [-0.15, -0.1) is 11.3 Å². The second-order valence-corrected chi connectivity index (χ2v) is 5.51. The molecular formula is C16H14N4O3S. The van der Waals surface area contributed by atoms with E-state index in [0.29, 0.717) is 22.3 Å². The molecule has 1 N–H and O–H groups in total. The SMILES string of the molecule is COc1ccc(OC)c(-c2csc(NC(=O)c3cnccn3)n2)c1. The summed E-state index contributed by atoms with van der Waals surface area (Å²) in [6, 6.07) is 5.46. The molecule has 3 rings (SSSR count). The zero-order chi connectivity index (χ0) is 16.9. The first kappa shape index (κ1) is 15.9. The molecule has 0 aliphatic rings. The normalized spacial score (nSPS) is 10.2. The molecule has 0 unspecified atom stereocenters. The van der Waals surface area contributed by atoms with Crippen LogP contribution in [0.1, 0.15) is 10.5 Å². The molecule has 2 heterocycles. The Morgan fingerprint density at radius 1 is 1.21 bits per heavy atom. The molecule has 8 heteroatoms. The molecule has 0 atom stereocenters. The van der Waals surface area contributed by atoms with Gasteiger partial charge in [-0.3, -0.25) is 15.1 Å². The first-order valence-electron chi connectivity index (χ1n) is 6.96. The van der Waals surface area contributed by atoms with E-state index in [9.17, 15) is 4.79 Å². The molecule has 3 aromatic rings. The summed E-state index contributed by atoms with van der Waals surface area (Å²) in [7, 11) is 3.19. The van der Waals surface area contributed by atoms with Gasteiger partial charge in [0.25, 0.3) is 5.91 Å². The second kappa shape index (κ2) is 7.05. The Bertz CT molecular complexity index is 852. The van der Waals surface area contributed by atoms with Gasteiger partial charge in [-0.05, 0) is 18.2 Å². The molecule has 24 heavy (non-hydrogen) atoms. The van der Waals surface area contributed by atoms with Gasteiger partial charge in [-0.2, -0.15) is 0 Å². The second-order valence-electron chi connectivity index (χ2n) is 4.65. The van der Waals surface area contributed by atoms with Gasteiger partial charge < -0.3 is 9.47 Å². The number of amides is 1. The van der Waals surface area contributed by atoms with Gasteiger partial charge in [0, 0.05) is 23.3 Å². The third kappa shape index (κ3) is 3.33. The van der Waals surface area contributed by atoms with Gasteiger partial charge in [0.1, 0.15) is 17.2 Å². The van der Waals surface area contributed by atoms with E-state index in [1.165, 1.54) is 29.9 Å². The average molecular weight is 342 g/mol. The summed E-state index contributed by atoms with van der Waals surface area (Å²) in [5.74, 6) is 1.01. The van der Waals surface area contributed by atoms with E-state index in [1.807, 2.05) is 23.6 Å². The summed E-state index contributed by atoms with van der Waals surface area (Å²) in [6.07, 6.45) is 4.37. The third-order valence-electron chi connectivity index (χ3n) is 3.20. The van der Waals surface area contributed by atoms with Crippen molar-refractivity contribution in [2.75, 3.05) is 19.5 Å². The lowest BCUT2D eigenvalue weighted by molar-refractivity contribution is 0.102. The molecule has 0 spiro atoms. The largest absolute Gasteiger partial charge is 0.497 e. The molecule has 0 radical (unpaired) electrons. The summed E-state index contributed by atoms with van der Waals surface area (Å²) in [5, 5.41) is 5.01. The van der Waals surface area contributed by atoms with Crippen LogP contribution in [0.25, 0.3) is 11.3 Å². The Morgan fingerprint density at radius 3 is 2.79 bits per heavy atom. The molecule has 0 aliphatic carbocycles. The maximum atomic E-state index is 12.1. The van der Waals surface area contributed by atoms with Crippen molar-refractivity contribution in [2.24, 2.45) is 0 Å². The lowest BCUT2D eigenvalue weighted by Crippen LogP contribution is -2.13. The van der Waals surface area contributed by atoms with E-state index < -0.39 is 0 Å². The molecule has 2 aromatic heterocycles. The number of benzene rings is 1. The van der Waals surface area contributed by atoms with Crippen LogP contribution in [0, 0.1) is 0 Å². The average Bonchev–Trinajstić information content (AvgIpc) is 3.10. The minimum absolute atomic E-state index is 0.230. The standard InChI is InChI=1S/C16H14N4O3S/c1-22-10-3-4-14(23-2)11(7-10)13-9-24-16(19-13)20-15(21)12-8-17-5-6-18-12/h3-9H,1-2H3,(H,19,20,21). The number of nitrogens with zero attached hydrogens (tertiary/aromatic N) is 3. The topological polar surface area (TPSA) is 86.2 Å². The summed E-state index contributed by atoms with van der Waals surface area (Å²) in [4.78, 5) is 24.4.